The molecule has 27 heavy (non-hydrogen) atoms. The fourth-order valence-electron chi connectivity index (χ4n) is 4.27. The smallest absolute Gasteiger partial charge is 0.341 e. The first kappa shape index (κ1) is 17.9. The molecule has 7 nitrogen and oxygen atoms in total. The summed E-state index contributed by atoms with van der Waals surface area (Å²) in [5, 5.41) is 12.8. The summed E-state index contributed by atoms with van der Waals surface area (Å²) in [6.45, 7) is 8.39. The van der Waals surface area contributed by atoms with E-state index in [9.17, 15) is 19.1 Å². The Morgan fingerprint density at radius 2 is 2.11 bits per heavy atom. The number of carbonyl (C=O) groups is 1. The highest BCUT2D eigenvalue weighted by Gasteiger charge is 2.44. The second-order valence-electron chi connectivity index (χ2n) is 8.49. The number of carboxylic acids is 1. The molecule has 4 heterocycles. The monoisotopic (exact) mass is 374 g/mol. The predicted molar refractivity (Wildman–Crippen MR) is 100 cm³/mol. The Labute approximate surface area is 155 Å². The van der Waals surface area contributed by atoms with Gasteiger partial charge in [-0.1, -0.05) is 0 Å². The third kappa shape index (κ3) is 2.70. The number of nitrogens with one attached hydrogen (secondary N) is 1. The fraction of sp³-hybridized carbons (Fsp3) is 0.526. The molecule has 2 N–H and O–H groups in total. The lowest BCUT2D eigenvalue weighted by atomic mass is 10.1. The van der Waals surface area contributed by atoms with Crippen LogP contribution in [-0.4, -0.2) is 45.3 Å². The van der Waals surface area contributed by atoms with Gasteiger partial charge in [-0.15, -0.1) is 0 Å². The molecule has 0 saturated carbocycles. The molecule has 0 aliphatic carbocycles. The standard InChI is InChI=1S/C19H23FN4O3/c1-9-14-5-10(21-9)7-23(14)17-13(20)6-11-15(25)12(18(26)27)8-24(16(11)22-17)19(2,3)4/h6,8-10,14,21H,5,7H2,1-4H3,(H,26,27)/t9-,10?,14?/m1/s1. The topological polar surface area (TPSA) is 87.5 Å². The van der Waals surface area contributed by atoms with Crippen LogP contribution in [0.2, 0.25) is 0 Å². The summed E-state index contributed by atoms with van der Waals surface area (Å²) >= 11 is 0. The molecule has 2 aliphatic heterocycles. The summed E-state index contributed by atoms with van der Waals surface area (Å²) in [5.74, 6) is -1.70. The first-order valence-corrected chi connectivity index (χ1v) is 9.10. The molecule has 2 fully saturated rings. The maximum Gasteiger partial charge on any atom is 0.341 e. The van der Waals surface area contributed by atoms with Crippen LogP contribution in [0.3, 0.4) is 0 Å². The number of anilines is 1. The minimum atomic E-state index is -1.33. The molecular weight excluding hydrogens is 351 g/mol. The van der Waals surface area contributed by atoms with E-state index in [0.717, 1.165) is 12.5 Å². The molecule has 2 aromatic heterocycles. The third-order valence-corrected chi connectivity index (χ3v) is 5.56. The number of piperazine rings is 1. The Morgan fingerprint density at radius 1 is 1.41 bits per heavy atom. The number of rotatable bonds is 2. The highest BCUT2D eigenvalue weighted by Crippen LogP contribution is 2.34. The number of halogens is 1. The van der Waals surface area contributed by atoms with Crippen LogP contribution in [0.1, 0.15) is 44.5 Å². The Morgan fingerprint density at radius 3 is 2.67 bits per heavy atom. The van der Waals surface area contributed by atoms with Crippen molar-refractivity contribution in [1.29, 1.82) is 0 Å². The van der Waals surface area contributed by atoms with E-state index in [1.165, 1.54) is 6.20 Å². The lowest BCUT2D eigenvalue weighted by molar-refractivity contribution is 0.0694. The van der Waals surface area contributed by atoms with E-state index < -0.39 is 22.8 Å². The maximum atomic E-state index is 14.9. The van der Waals surface area contributed by atoms with Gasteiger partial charge in [0.25, 0.3) is 0 Å². The molecule has 0 radical (unpaired) electrons. The van der Waals surface area contributed by atoms with E-state index in [1.807, 2.05) is 25.7 Å². The molecule has 3 atom stereocenters. The van der Waals surface area contributed by atoms with Gasteiger partial charge < -0.3 is 19.9 Å². The van der Waals surface area contributed by atoms with E-state index in [4.69, 9.17) is 0 Å². The SMILES string of the molecule is C[C@H]1NC2CC1N(c1nc3c(cc1F)c(=O)c(C(=O)O)cn3C(C)(C)C)C2. The second-order valence-corrected chi connectivity index (χ2v) is 8.49. The molecule has 0 aromatic carbocycles. The van der Waals surface area contributed by atoms with Crippen molar-refractivity contribution >= 4 is 22.8 Å². The lowest BCUT2D eigenvalue weighted by Crippen LogP contribution is -2.50. The van der Waals surface area contributed by atoms with Crippen LogP contribution in [-0.2, 0) is 5.54 Å². The molecule has 0 spiro atoms. The van der Waals surface area contributed by atoms with Crippen LogP contribution in [0, 0.1) is 5.82 Å². The normalized spacial score (nSPS) is 24.8. The largest absolute Gasteiger partial charge is 0.477 e. The Kier molecular flexibility index (Phi) is 3.82. The van der Waals surface area contributed by atoms with Gasteiger partial charge in [0.1, 0.15) is 11.2 Å². The van der Waals surface area contributed by atoms with Gasteiger partial charge in [0.2, 0.25) is 5.43 Å². The van der Waals surface area contributed by atoms with E-state index in [1.54, 1.807) is 4.57 Å². The molecule has 2 bridgehead atoms. The highest BCUT2D eigenvalue weighted by atomic mass is 19.1. The van der Waals surface area contributed by atoms with Crippen molar-refractivity contribution in [3.8, 4) is 0 Å². The van der Waals surface area contributed by atoms with E-state index in [2.05, 4.69) is 17.2 Å². The summed E-state index contributed by atoms with van der Waals surface area (Å²) in [4.78, 5) is 30.6. The molecule has 4 rings (SSSR count). The summed E-state index contributed by atoms with van der Waals surface area (Å²) in [7, 11) is 0. The number of hydrogen-bond acceptors (Lipinski definition) is 5. The summed E-state index contributed by atoms with van der Waals surface area (Å²) in [5.41, 5.74) is -1.33. The molecular formula is C19H23FN4O3. The second kappa shape index (κ2) is 5.76. The van der Waals surface area contributed by atoms with Gasteiger partial charge in [-0.3, -0.25) is 4.79 Å². The Bertz CT molecular complexity index is 1010. The fourth-order valence-corrected chi connectivity index (χ4v) is 4.27. The average molecular weight is 374 g/mol. The zero-order valence-electron chi connectivity index (χ0n) is 15.8. The Balaban J connectivity index is 1.97. The minimum Gasteiger partial charge on any atom is -0.477 e. The van der Waals surface area contributed by atoms with Crippen molar-refractivity contribution in [1.82, 2.24) is 14.9 Å². The van der Waals surface area contributed by atoms with Gasteiger partial charge in [0.05, 0.1) is 5.39 Å². The van der Waals surface area contributed by atoms with E-state index >= 15 is 0 Å². The average Bonchev–Trinajstić information content (AvgIpc) is 3.12. The van der Waals surface area contributed by atoms with E-state index in [-0.39, 0.29) is 28.9 Å². The summed E-state index contributed by atoms with van der Waals surface area (Å²) in [6.07, 6.45) is 2.24. The molecule has 2 aliphatic rings. The van der Waals surface area contributed by atoms with Crippen LogP contribution >= 0.6 is 0 Å². The first-order chi connectivity index (χ1) is 12.6. The van der Waals surface area contributed by atoms with E-state index in [0.29, 0.717) is 18.2 Å². The third-order valence-electron chi connectivity index (χ3n) is 5.56. The van der Waals surface area contributed by atoms with Crippen LogP contribution in [0.15, 0.2) is 17.1 Å². The molecule has 2 aromatic rings. The zero-order valence-corrected chi connectivity index (χ0v) is 15.8. The summed E-state index contributed by atoms with van der Waals surface area (Å²) < 4.78 is 16.6. The summed E-state index contributed by atoms with van der Waals surface area (Å²) in [6, 6.07) is 1.84. The van der Waals surface area contributed by atoms with Crippen molar-refractivity contribution in [3.63, 3.8) is 0 Å². The van der Waals surface area contributed by atoms with Crippen molar-refractivity contribution in [2.75, 3.05) is 11.4 Å². The number of nitrogens with zero attached hydrogens (tertiary/aromatic N) is 3. The molecule has 2 unspecified atom stereocenters. The minimum absolute atomic E-state index is 0.0124. The Hall–Kier alpha value is -2.48. The van der Waals surface area contributed by atoms with Crippen molar-refractivity contribution in [2.24, 2.45) is 0 Å². The van der Waals surface area contributed by atoms with Gasteiger partial charge >= 0.3 is 5.97 Å². The maximum absolute atomic E-state index is 14.9. The number of aromatic carboxylic acids is 1. The quantitative estimate of drug-likeness (QED) is 0.835. The number of hydrogen-bond donors (Lipinski definition) is 2. The first-order valence-electron chi connectivity index (χ1n) is 9.10. The molecule has 8 heteroatoms. The number of fused-ring (bicyclic) bond motifs is 3. The molecule has 0 amide bonds. The molecule has 144 valence electrons. The highest BCUT2D eigenvalue weighted by molar-refractivity contribution is 5.92. The lowest BCUT2D eigenvalue weighted by Gasteiger charge is -2.33. The van der Waals surface area contributed by atoms with Gasteiger partial charge in [0, 0.05) is 36.4 Å². The number of pyridine rings is 2. The van der Waals surface area contributed by atoms with Crippen molar-refractivity contribution < 1.29 is 14.3 Å². The zero-order chi connectivity index (χ0) is 19.7. The van der Waals surface area contributed by atoms with Crippen LogP contribution < -0.4 is 15.6 Å². The van der Waals surface area contributed by atoms with Gasteiger partial charge in [-0.2, -0.15) is 0 Å². The number of carboxylic acid groups (broad SMARTS) is 1. The van der Waals surface area contributed by atoms with Gasteiger partial charge in [-0.25, -0.2) is 14.2 Å². The van der Waals surface area contributed by atoms with Crippen LogP contribution in [0.5, 0.6) is 0 Å². The van der Waals surface area contributed by atoms with Crippen molar-refractivity contribution in [2.45, 2.75) is 57.8 Å². The molecule has 2 saturated heterocycles. The van der Waals surface area contributed by atoms with Crippen LogP contribution in [0.25, 0.3) is 11.0 Å². The van der Waals surface area contributed by atoms with Gasteiger partial charge in [-0.05, 0) is 40.2 Å². The number of aromatic nitrogens is 2. The van der Waals surface area contributed by atoms with Crippen LogP contribution in [0.4, 0.5) is 10.2 Å². The predicted octanol–water partition coefficient (Wildman–Crippen LogP) is 1.93. The van der Waals surface area contributed by atoms with Crippen molar-refractivity contribution in [3.05, 3.63) is 33.9 Å². The van der Waals surface area contributed by atoms with Gasteiger partial charge in [0.15, 0.2) is 11.6 Å².